The van der Waals surface area contributed by atoms with Crippen molar-refractivity contribution in [3.63, 3.8) is 0 Å². The number of rotatable bonds is 11. The predicted octanol–water partition coefficient (Wildman–Crippen LogP) is 4.98. The SMILES string of the molecule is CC(OC(=O)C(C)(C)C)N1C(=O)CCN(c2ccc(N3CCN(CC4CCN(c5ccc(Nc6nc(N7CCCCC7)nnc6C(N)=O)cc5F)CC4)CC3)cc2)C1=O. The molecule has 4 saturated heterocycles. The zero-order valence-corrected chi connectivity index (χ0v) is 34.5. The van der Waals surface area contributed by atoms with Gasteiger partial charge in [-0.1, -0.05) is 0 Å². The number of ether oxygens (including phenoxy) is 1. The lowest BCUT2D eigenvalue weighted by Crippen LogP contribution is -2.57. The van der Waals surface area contributed by atoms with Gasteiger partial charge in [0.25, 0.3) is 5.91 Å². The topological polar surface area (TPSA) is 174 Å². The van der Waals surface area contributed by atoms with E-state index in [9.17, 15) is 19.2 Å². The highest BCUT2D eigenvalue weighted by Gasteiger charge is 2.39. The van der Waals surface area contributed by atoms with Crippen molar-refractivity contribution in [1.82, 2.24) is 25.0 Å². The summed E-state index contributed by atoms with van der Waals surface area (Å²) in [6.45, 7) is 14.7. The average Bonchev–Trinajstić information content (AvgIpc) is 3.22. The summed E-state index contributed by atoms with van der Waals surface area (Å²) in [7, 11) is 0. The van der Waals surface area contributed by atoms with E-state index in [-0.39, 0.29) is 36.2 Å². The Hall–Kier alpha value is -5.58. The lowest BCUT2D eigenvalue weighted by atomic mass is 9.95. The quantitative estimate of drug-likeness (QED) is 0.249. The van der Waals surface area contributed by atoms with Crippen LogP contribution in [0.25, 0.3) is 0 Å². The summed E-state index contributed by atoms with van der Waals surface area (Å²) in [4.78, 5) is 66.8. The lowest BCUT2D eigenvalue weighted by Gasteiger charge is -2.40. The van der Waals surface area contributed by atoms with E-state index in [1.807, 2.05) is 29.2 Å². The fourth-order valence-electron chi connectivity index (χ4n) is 8.17. The van der Waals surface area contributed by atoms with Crippen LogP contribution in [0.1, 0.15) is 76.7 Å². The van der Waals surface area contributed by atoms with Gasteiger partial charge in [0.1, 0.15) is 5.82 Å². The van der Waals surface area contributed by atoms with Gasteiger partial charge in [0.15, 0.2) is 17.7 Å². The van der Waals surface area contributed by atoms with E-state index < -0.39 is 29.6 Å². The highest BCUT2D eigenvalue weighted by atomic mass is 19.1. The average molecular weight is 814 g/mol. The summed E-state index contributed by atoms with van der Waals surface area (Å²) >= 11 is 0. The fraction of sp³-hybridized carbons (Fsp3) is 0.548. The number of nitrogens with zero attached hydrogens (tertiary/aromatic N) is 9. The number of hydrogen-bond acceptors (Lipinski definition) is 13. The normalized spacial score (nSPS) is 19.2. The molecule has 0 aliphatic carbocycles. The van der Waals surface area contributed by atoms with Gasteiger partial charge in [-0.2, -0.15) is 4.98 Å². The van der Waals surface area contributed by atoms with E-state index in [0.717, 1.165) is 102 Å². The molecule has 3 aromatic rings. The Morgan fingerprint density at radius 2 is 1.54 bits per heavy atom. The number of nitrogens with two attached hydrogens (primary N) is 1. The maximum Gasteiger partial charge on any atom is 0.334 e. The van der Waals surface area contributed by atoms with Crippen molar-refractivity contribution in [1.29, 1.82) is 0 Å². The molecular formula is C42H56FN11O5. The van der Waals surface area contributed by atoms with Gasteiger partial charge in [-0.3, -0.25) is 24.2 Å². The van der Waals surface area contributed by atoms with Crippen molar-refractivity contribution in [3.8, 4) is 0 Å². The van der Waals surface area contributed by atoms with Crippen molar-refractivity contribution < 1.29 is 28.3 Å². The van der Waals surface area contributed by atoms with E-state index in [1.165, 1.54) is 6.07 Å². The standard InChI is InChI=1S/C42H56FN11O5/c1-28(59-39(57)42(2,3)4)54-35(55)16-21-53(41(54)58)32-11-9-31(10-12-32)50-24-22-49(23-25-50)27-29-14-19-51(20-15-29)34-13-8-30(26-33(34)43)45-38-36(37(44)56)47-48-40(46-38)52-17-6-5-7-18-52/h8-13,26,28-29H,5-7,14-25,27H2,1-4H3,(H2,44,56)(H,45,46,48). The first-order chi connectivity index (χ1) is 28.2. The molecule has 0 bridgehead atoms. The number of piperidine rings is 2. The minimum atomic E-state index is -1.01. The number of nitrogens with one attached hydrogen (secondary N) is 1. The van der Waals surface area contributed by atoms with E-state index in [2.05, 4.69) is 35.2 Å². The number of carbonyl (C=O) groups excluding carboxylic acids is 4. The molecule has 1 atom stereocenters. The second-order valence-electron chi connectivity index (χ2n) is 16.9. The summed E-state index contributed by atoms with van der Waals surface area (Å²) in [5.41, 5.74) is 7.44. The first-order valence-electron chi connectivity index (χ1n) is 20.8. The number of amides is 4. The molecule has 4 fully saturated rings. The van der Waals surface area contributed by atoms with Crippen molar-refractivity contribution in [2.75, 3.05) is 90.4 Å². The molecule has 0 spiro atoms. The second-order valence-corrected chi connectivity index (χ2v) is 16.9. The number of anilines is 6. The van der Waals surface area contributed by atoms with Crippen LogP contribution in [0.4, 0.5) is 43.7 Å². The molecular weight excluding hydrogens is 758 g/mol. The van der Waals surface area contributed by atoms with Gasteiger partial charge in [0.2, 0.25) is 11.9 Å². The van der Waals surface area contributed by atoms with E-state index in [4.69, 9.17) is 10.5 Å². The number of aromatic nitrogens is 3. The summed E-state index contributed by atoms with van der Waals surface area (Å²) in [5.74, 6) is -0.875. The fourth-order valence-corrected chi connectivity index (χ4v) is 8.17. The maximum absolute atomic E-state index is 15.6. The van der Waals surface area contributed by atoms with Crippen LogP contribution in [-0.2, 0) is 14.3 Å². The Kier molecular flexibility index (Phi) is 12.5. The minimum Gasteiger partial charge on any atom is -0.441 e. The van der Waals surface area contributed by atoms with Crippen LogP contribution in [0, 0.1) is 17.2 Å². The van der Waals surface area contributed by atoms with Crippen molar-refractivity contribution >= 4 is 58.3 Å². The number of carbonyl (C=O) groups is 4. The van der Waals surface area contributed by atoms with Crippen LogP contribution in [0.3, 0.4) is 0 Å². The van der Waals surface area contributed by atoms with E-state index >= 15 is 4.39 Å². The van der Waals surface area contributed by atoms with E-state index in [0.29, 0.717) is 28.9 Å². The Bertz CT molecular complexity index is 2010. The third kappa shape index (κ3) is 9.67. The molecule has 1 unspecified atom stereocenters. The Morgan fingerprint density at radius 1 is 0.864 bits per heavy atom. The van der Waals surface area contributed by atoms with Crippen molar-refractivity contribution in [2.24, 2.45) is 17.1 Å². The second kappa shape index (κ2) is 17.7. The summed E-state index contributed by atoms with van der Waals surface area (Å²) < 4.78 is 21.1. The summed E-state index contributed by atoms with van der Waals surface area (Å²) in [5, 5.41) is 11.2. The number of hydrogen-bond donors (Lipinski definition) is 2. The maximum atomic E-state index is 15.6. The monoisotopic (exact) mass is 813 g/mol. The van der Waals surface area contributed by atoms with Crippen LogP contribution in [0.5, 0.6) is 0 Å². The number of primary amides is 1. The van der Waals surface area contributed by atoms with Crippen LogP contribution in [0.2, 0.25) is 0 Å². The van der Waals surface area contributed by atoms with Gasteiger partial charge in [0, 0.05) is 88.9 Å². The molecule has 0 saturated carbocycles. The van der Waals surface area contributed by atoms with E-state index in [1.54, 1.807) is 44.7 Å². The van der Waals surface area contributed by atoms with Crippen LogP contribution < -0.4 is 30.7 Å². The molecule has 16 nitrogen and oxygen atoms in total. The Balaban J connectivity index is 0.874. The lowest BCUT2D eigenvalue weighted by molar-refractivity contribution is -0.167. The molecule has 4 amide bonds. The highest BCUT2D eigenvalue weighted by molar-refractivity contribution is 6.06. The molecule has 17 heteroatoms. The van der Waals surface area contributed by atoms with Gasteiger partial charge in [-0.15, -0.1) is 10.2 Å². The molecule has 316 valence electrons. The molecule has 0 radical (unpaired) electrons. The molecule has 59 heavy (non-hydrogen) atoms. The third-order valence-corrected chi connectivity index (χ3v) is 11.6. The van der Waals surface area contributed by atoms with Gasteiger partial charge in [-0.25, -0.2) is 14.1 Å². The van der Waals surface area contributed by atoms with Crippen LogP contribution in [0.15, 0.2) is 42.5 Å². The molecule has 3 N–H and O–H groups in total. The van der Waals surface area contributed by atoms with Gasteiger partial charge in [-0.05, 0) is 108 Å². The molecule has 5 heterocycles. The Labute approximate surface area is 344 Å². The highest BCUT2D eigenvalue weighted by Crippen LogP contribution is 2.31. The molecule has 1 aromatic heterocycles. The molecule has 4 aliphatic heterocycles. The predicted molar refractivity (Wildman–Crippen MR) is 223 cm³/mol. The van der Waals surface area contributed by atoms with Gasteiger partial charge < -0.3 is 30.5 Å². The number of benzene rings is 2. The summed E-state index contributed by atoms with van der Waals surface area (Å²) in [6, 6.07) is 12.3. The Morgan fingerprint density at radius 3 is 2.19 bits per heavy atom. The van der Waals surface area contributed by atoms with Gasteiger partial charge >= 0.3 is 12.0 Å². The first-order valence-corrected chi connectivity index (χ1v) is 20.8. The molecule has 7 rings (SSSR count). The molecule has 2 aromatic carbocycles. The number of urea groups is 1. The van der Waals surface area contributed by atoms with Crippen LogP contribution >= 0.6 is 0 Å². The number of imide groups is 1. The van der Waals surface area contributed by atoms with Crippen molar-refractivity contribution in [3.05, 3.63) is 54.0 Å². The smallest absolute Gasteiger partial charge is 0.334 e. The minimum absolute atomic E-state index is 0.0953. The third-order valence-electron chi connectivity index (χ3n) is 11.6. The molecule has 4 aliphatic rings. The van der Waals surface area contributed by atoms with Crippen molar-refractivity contribution in [2.45, 2.75) is 72.4 Å². The first kappa shape index (κ1) is 41.6. The number of esters is 1. The largest absolute Gasteiger partial charge is 0.441 e. The van der Waals surface area contributed by atoms with Gasteiger partial charge in [0.05, 0.1) is 11.1 Å². The zero-order valence-electron chi connectivity index (χ0n) is 34.5. The zero-order chi connectivity index (χ0) is 41.8. The summed E-state index contributed by atoms with van der Waals surface area (Å²) in [6.07, 6.45) is 4.26. The number of halogens is 1. The number of piperazine rings is 1. The van der Waals surface area contributed by atoms with Crippen LogP contribution in [-0.4, -0.2) is 120 Å².